The maximum Gasteiger partial charge on any atom is 0.211 e. The Hall–Kier alpha value is -2.24. The highest BCUT2D eigenvalue weighted by Gasteiger charge is 2.22. The highest BCUT2D eigenvalue weighted by Crippen LogP contribution is 2.22. The average molecular weight is 355 g/mol. The molecule has 0 aliphatic carbocycles. The van der Waals surface area contributed by atoms with Gasteiger partial charge in [0.05, 0.1) is 31.9 Å². The quantitative estimate of drug-likeness (QED) is 0.780. The molecule has 0 bridgehead atoms. The molecule has 1 aliphatic heterocycles. The molecule has 2 heterocycles. The molecule has 0 saturated carbocycles. The lowest BCUT2D eigenvalue weighted by atomic mass is 10.2. The van der Waals surface area contributed by atoms with Crippen molar-refractivity contribution in [2.75, 3.05) is 31.1 Å². The van der Waals surface area contributed by atoms with E-state index < -0.39 is 0 Å². The number of anilines is 1. The van der Waals surface area contributed by atoms with Gasteiger partial charge in [0.15, 0.2) is 0 Å². The first-order chi connectivity index (χ1) is 12.2. The first kappa shape index (κ1) is 16.2. The molecule has 25 heavy (non-hydrogen) atoms. The molecule has 0 spiro atoms. The molecule has 5 heteroatoms. The molecule has 1 N–H and O–H groups in total. The largest absolute Gasteiger partial charge is 0.356 e. The molecule has 0 amide bonds. The fourth-order valence-electron chi connectivity index (χ4n) is 3.44. The van der Waals surface area contributed by atoms with Gasteiger partial charge in [-0.05, 0) is 18.2 Å². The maximum absolute atomic E-state index is 13.5. The van der Waals surface area contributed by atoms with Crippen molar-refractivity contribution in [1.29, 1.82) is 0 Å². The number of benzene rings is 2. The van der Waals surface area contributed by atoms with Gasteiger partial charge in [0.25, 0.3) is 0 Å². The van der Waals surface area contributed by atoms with Crippen LogP contribution in [-0.2, 0) is 6.54 Å². The van der Waals surface area contributed by atoms with Crippen LogP contribution in [0.1, 0.15) is 5.56 Å². The maximum atomic E-state index is 13.5. The van der Waals surface area contributed by atoms with Crippen LogP contribution in [0.4, 0.5) is 10.1 Å². The SMILES string of the molecule is O=c1c(N2CC[NH+](Cc3ccccc3)CC2)csc2ccc(F)cc12. The topological polar surface area (TPSA) is 24.8 Å². The van der Waals surface area contributed by atoms with E-state index in [0.29, 0.717) is 11.1 Å². The van der Waals surface area contributed by atoms with Crippen LogP contribution in [0.25, 0.3) is 10.1 Å². The number of nitrogens with zero attached hydrogens (tertiary/aromatic N) is 1. The van der Waals surface area contributed by atoms with Crippen LogP contribution in [0.2, 0.25) is 0 Å². The zero-order valence-corrected chi connectivity index (χ0v) is 14.7. The molecule has 1 aliphatic rings. The first-order valence-electron chi connectivity index (χ1n) is 8.54. The molecule has 2 aromatic carbocycles. The second-order valence-corrected chi connectivity index (χ2v) is 7.40. The highest BCUT2D eigenvalue weighted by atomic mass is 32.1. The Balaban J connectivity index is 1.50. The minimum atomic E-state index is -0.355. The van der Waals surface area contributed by atoms with Gasteiger partial charge in [0.1, 0.15) is 12.4 Å². The van der Waals surface area contributed by atoms with Gasteiger partial charge in [-0.25, -0.2) is 4.39 Å². The third-order valence-electron chi connectivity index (χ3n) is 4.82. The van der Waals surface area contributed by atoms with Crippen LogP contribution >= 0.6 is 11.3 Å². The summed E-state index contributed by atoms with van der Waals surface area (Å²) >= 11 is 1.51. The summed E-state index contributed by atoms with van der Waals surface area (Å²) < 4.78 is 14.3. The second-order valence-electron chi connectivity index (χ2n) is 6.49. The van der Waals surface area contributed by atoms with E-state index in [1.54, 1.807) is 6.07 Å². The van der Waals surface area contributed by atoms with E-state index in [1.165, 1.54) is 33.9 Å². The Morgan fingerprint density at radius 3 is 2.60 bits per heavy atom. The van der Waals surface area contributed by atoms with Crippen molar-refractivity contribution < 1.29 is 9.29 Å². The van der Waals surface area contributed by atoms with E-state index in [0.717, 1.165) is 37.4 Å². The fourth-order valence-corrected chi connectivity index (χ4v) is 4.36. The average Bonchev–Trinajstić information content (AvgIpc) is 2.64. The summed E-state index contributed by atoms with van der Waals surface area (Å²) in [7, 11) is 0. The summed E-state index contributed by atoms with van der Waals surface area (Å²) in [6.07, 6.45) is 0. The van der Waals surface area contributed by atoms with Crippen LogP contribution < -0.4 is 15.2 Å². The van der Waals surface area contributed by atoms with Crippen molar-refractivity contribution in [3.63, 3.8) is 0 Å². The standard InChI is InChI=1S/C20H19FN2OS/c21-16-6-7-19-17(12-16)20(24)18(14-25-19)23-10-8-22(9-11-23)13-15-4-2-1-3-5-15/h1-7,12,14H,8-11,13H2/p+1. The Kier molecular flexibility index (Phi) is 4.51. The monoisotopic (exact) mass is 355 g/mol. The van der Waals surface area contributed by atoms with Gasteiger partial charge < -0.3 is 9.80 Å². The molecule has 4 rings (SSSR count). The normalized spacial score (nSPS) is 15.6. The zero-order valence-electron chi connectivity index (χ0n) is 13.9. The lowest BCUT2D eigenvalue weighted by Gasteiger charge is -2.33. The number of hydrogen-bond donors (Lipinski definition) is 1. The van der Waals surface area contributed by atoms with Gasteiger partial charge in [-0.3, -0.25) is 4.79 Å². The lowest BCUT2D eigenvalue weighted by molar-refractivity contribution is -0.914. The number of nitrogens with one attached hydrogen (secondary N) is 1. The molecule has 0 radical (unpaired) electrons. The van der Waals surface area contributed by atoms with Crippen LogP contribution in [0.5, 0.6) is 0 Å². The molecular weight excluding hydrogens is 335 g/mol. The minimum Gasteiger partial charge on any atom is -0.356 e. The van der Waals surface area contributed by atoms with Crippen LogP contribution in [0.15, 0.2) is 58.7 Å². The summed E-state index contributed by atoms with van der Waals surface area (Å²) in [6, 6.07) is 15.0. The molecule has 0 unspecified atom stereocenters. The Labute approximate surface area is 149 Å². The van der Waals surface area contributed by atoms with Gasteiger partial charge in [0, 0.05) is 21.0 Å². The van der Waals surface area contributed by atoms with Crippen LogP contribution in [0, 0.1) is 5.82 Å². The Morgan fingerprint density at radius 2 is 1.84 bits per heavy atom. The number of piperazine rings is 1. The summed E-state index contributed by atoms with van der Waals surface area (Å²) in [4.78, 5) is 16.4. The zero-order chi connectivity index (χ0) is 17.2. The molecular formula is C20H20FN2OS+. The van der Waals surface area contributed by atoms with Crippen molar-refractivity contribution in [3.05, 3.63) is 75.5 Å². The van der Waals surface area contributed by atoms with Crippen molar-refractivity contribution in [3.8, 4) is 0 Å². The number of hydrogen-bond acceptors (Lipinski definition) is 3. The summed E-state index contributed by atoms with van der Waals surface area (Å²) in [5, 5.41) is 2.41. The van der Waals surface area contributed by atoms with E-state index in [1.807, 2.05) is 11.4 Å². The van der Waals surface area contributed by atoms with Crippen molar-refractivity contribution in [1.82, 2.24) is 0 Å². The van der Waals surface area contributed by atoms with Crippen molar-refractivity contribution in [2.24, 2.45) is 0 Å². The van der Waals surface area contributed by atoms with Gasteiger partial charge in [-0.15, -0.1) is 11.3 Å². The summed E-state index contributed by atoms with van der Waals surface area (Å²) in [5.74, 6) is -0.355. The Bertz CT molecular complexity index is 933. The first-order valence-corrected chi connectivity index (χ1v) is 9.42. The van der Waals surface area contributed by atoms with E-state index in [4.69, 9.17) is 0 Å². The molecule has 1 aromatic heterocycles. The summed E-state index contributed by atoms with van der Waals surface area (Å²) in [6.45, 7) is 4.72. The van der Waals surface area contributed by atoms with Crippen LogP contribution in [-0.4, -0.2) is 26.2 Å². The number of quaternary nitrogens is 1. The van der Waals surface area contributed by atoms with Crippen LogP contribution in [0.3, 0.4) is 0 Å². The van der Waals surface area contributed by atoms with E-state index >= 15 is 0 Å². The second kappa shape index (κ2) is 6.94. The Morgan fingerprint density at radius 1 is 1.08 bits per heavy atom. The van der Waals surface area contributed by atoms with Crippen molar-refractivity contribution in [2.45, 2.75) is 6.54 Å². The predicted molar refractivity (Wildman–Crippen MR) is 101 cm³/mol. The third-order valence-corrected chi connectivity index (χ3v) is 5.78. The smallest absolute Gasteiger partial charge is 0.211 e. The lowest BCUT2D eigenvalue weighted by Crippen LogP contribution is -3.13. The molecule has 0 atom stereocenters. The minimum absolute atomic E-state index is 0.0558. The third kappa shape index (κ3) is 3.43. The number of rotatable bonds is 3. The van der Waals surface area contributed by atoms with Gasteiger partial charge >= 0.3 is 0 Å². The fraction of sp³-hybridized carbons (Fsp3) is 0.250. The van der Waals surface area contributed by atoms with Gasteiger partial charge in [0.2, 0.25) is 5.43 Å². The summed E-state index contributed by atoms with van der Waals surface area (Å²) in [5.41, 5.74) is 2.00. The molecule has 1 saturated heterocycles. The predicted octanol–water partition coefficient (Wildman–Crippen LogP) is 2.31. The van der Waals surface area contributed by atoms with Gasteiger partial charge in [-0.1, -0.05) is 30.3 Å². The van der Waals surface area contributed by atoms with E-state index in [2.05, 4.69) is 29.2 Å². The number of halogens is 1. The molecule has 3 nitrogen and oxygen atoms in total. The number of fused-ring (bicyclic) bond motifs is 1. The van der Waals surface area contributed by atoms with Crippen molar-refractivity contribution >= 4 is 27.1 Å². The molecule has 128 valence electrons. The molecule has 3 aromatic rings. The van der Waals surface area contributed by atoms with E-state index in [9.17, 15) is 9.18 Å². The van der Waals surface area contributed by atoms with E-state index in [-0.39, 0.29) is 11.2 Å². The van der Waals surface area contributed by atoms with Gasteiger partial charge in [-0.2, -0.15) is 0 Å². The highest BCUT2D eigenvalue weighted by molar-refractivity contribution is 7.16. The molecule has 1 fully saturated rings.